The lowest BCUT2D eigenvalue weighted by Gasteiger charge is -2.18. The number of unbranched alkanes of at least 4 members (excludes halogenated alkanes) is 38. The normalized spacial score (nSPS) is 12.3. The Morgan fingerprint density at radius 1 is 0.296 bits per heavy atom. The van der Waals surface area contributed by atoms with Crippen LogP contribution in [0.4, 0.5) is 0 Å². The molecule has 0 radical (unpaired) electrons. The smallest absolute Gasteiger partial charge is 0.306 e. The van der Waals surface area contributed by atoms with Crippen LogP contribution < -0.4 is 0 Å². The minimum absolute atomic E-state index is 0.0795. The van der Waals surface area contributed by atoms with Crippen LogP contribution in [-0.4, -0.2) is 37.2 Å². The molecule has 0 aliphatic carbocycles. The molecule has 0 saturated heterocycles. The van der Waals surface area contributed by atoms with Gasteiger partial charge in [-0.2, -0.15) is 0 Å². The molecule has 0 rings (SSSR count). The lowest BCUT2D eigenvalue weighted by Crippen LogP contribution is -2.30. The Balaban J connectivity index is 4.29. The fraction of sp³-hybridized carbons (Fsp3) is 0.831. The predicted octanol–water partition coefficient (Wildman–Crippen LogP) is 21.0. The number of rotatable bonds is 57. The molecule has 1 unspecified atom stereocenters. The van der Waals surface area contributed by atoms with Crippen LogP contribution in [0.15, 0.2) is 48.6 Å². The highest BCUT2D eigenvalue weighted by atomic mass is 16.6. The third-order valence-corrected chi connectivity index (χ3v) is 13.8. The standard InChI is InChI=1S/C65H118O6/c1-4-7-10-13-16-19-22-25-28-29-30-31-32-33-34-35-38-40-43-46-49-52-55-58-64(67)70-61-62(71-65(68)59-56-53-50-47-44-41-37-27-24-21-18-15-12-9-6-3)60-69-63(66)57-54-51-48-45-42-39-36-26-23-20-17-14-11-8-5-2/h9,12,18,21,26-27,36-37,62H,4-8,10-11,13-17,19-20,22-25,28-35,38-61H2,1-3H3/b12-9-,21-18-,36-26-,37-27-. The molecule has 0 N–H and O–H groups in total. The summed E-state index contributed by atoms with van der Waals surface area (Å²) in [6, 6.07) is 0. The highest BCUT2D eigenvalue weighted by Gasteiger charge is 2.19. The monoisotopic (exact) mass is 995 g/mol. The van der Waals surface area contributed by atoms with Gasteiger partial charge in [0, 0.05) is 19.3 Å². The van der Waals surface area contributed by atoms with E-state index in [1.165, 1.54) is 186 Å². The van der Waals surface area contributed by atoms with Crippen LogP contribution in [-0.2, 0) is 28.6 Å². The second kappa shape index (κ2) is 59.9. The van der Waals surface area contributed by atoms with Crippen molar-refractivity contribution in [1.29, 1.82) is 0 Å². The summed E-state index contributed by atoms with van der Waals surface area (Å²) in [5.74, 6) is -0.887. The maximum absolute atomic E-state index is 12.9. The van der Waals surface area contributed by atoms with Crippen LogP contribution in [0.3, 0.4) is 0 Å². The Hall–Kier alpha value is -2.63. The Labute approximate surface area is 441 Å². The molecule has 0 bridgehead atoms. The van der Waals surface area contributed by atoms with Gasteiger partial charge in [-0.1, -0.05) is 281 Å². The van der Waals surface area contributed by atoms with Crippen LogP contribution in [0.2, 0.25) is 0 Å². The SMILES string of the molecule is CC/C=C\C/C=C\C/C=C\CCCCCCCC(=O)OC(COC(=O)CCCCCCC/C=C\CCCCCCCC)COC(=O)CCCCCCCCCCCCCCCCCCCCCCCCC. The van der Waals surface area contributed by atoms with E-state index in [2.05, 4.69) is 69.4 Å². The van der Waals surface area contributed by atoms with Crippen molar-refractivity contribution in [3.8, 4) is 0 Å². The van der Waals surface area contributed by atoms with E-state index in [1.807, 2.05) is 0 Å². The van der Waals surface area contributed by atoms with Crippen molar-refractivity contribution in [3.63, 3.8) is 0 Å². The maximum atomic E-state index is 12.9. The van der Waals surface area contributed by atoms with Gasteiger partial charge in [-0.15, -0.1) is 0 Å². The van der Waals surface area contributed by atoms with Gasteiger partial charge in [0.1, 0.15) is 13.2 Å². The number of carbonyl (C=O) groups is 3. The van der Waals surface area contributed by atoms with Crippen LogP contribution >= 0.6 is 0 Å². The molecule has 0 aliphatic heterocycles. The van der Waals surface area contributed by atoms with Gasteiger partial charge in [0.05, 0.1) is 0 Å². The first-order valence-electron chi connectivity index (χ1n) is 31.1. The fourth-order valence-corrected chi connectivity index (χ4v) is 9.16. The molecule has 0 aromatic rings. The van der Waals surface area contributed by atoms with Crippen molar-refractivity contribution in [2.45, 2.75) is 335 Å². The van der Waals surface area contributed by atoms with E-state index in [4.69, 9.17) is 14.2 Å². The van der Waals surface area contributed by atoms with E-state index in [-0.39, 0.29) is 31.1 Å². The van der Waals surface area contributed by atoms with E-state index in [0.29, 0.717) is 19.3 Å². The van der Waals surface area contributed by atoms with Crippen molar-refractivity contribution < 1.29 is 28.6 Å². The van der Waals surface area contributed by atoms with Crippen LogP contribution in [0.1, 0.15) is 329 Å². The van der Waals surface area contributed by atoms with Crippen molar-refractivity contribution in [3.05, 3.63) is 48.6 Å². The second-order valence-electron chi connectivity index (χ2n) is 20.9. The topological polar surface area (TPSA) is 78.9 Å². The van der Waals surface area contributed by atoms with Gasteiger partial charge in [-0.25, -0.2) is 0 Å². The molecule has 0 saturated carbocycles. The van der Waals surface area contributed by atoms with Gasteiger partial charge in [0.25, 0.3) is 0 Å². The van der Waals surface area contributed by atoms with E-state index in [9.17, 15) is 14.4 Å². The van der Waals surface area contributed by atoms with Crippen molar-refractivity contribution in [2.24, 2.45) is 0 Å². The van der Waals surface area contributed by atoms with Crippen molar-refractivity contribution in [2.75, 3.05) is 13.2 Å². The molecule has 0 spiro atoms. The number of allylic oxidation sites excluding steroid dienone is 8. The van der Waals surface area contributed by atoms with Gasteiger partial charge in [0.15, 0.2) is 6.10 Å². The van der Waals surface area contributed by atoms with Gasteiger partial charge < -0.3 is 14.2 Å². The Kier molecular flexibility index (Phi) is 57.7. The van der Waals surface area contributed by atoms with Crippen molar-refractivity contribution in [1.82, 2.24) is 0 Å². The van der Waals surface area contributed by atoms with E-state index >= 15 is 0 Å². The van der Waals surface area contributed by atoms with Gasteiger partial charge in [-0.3, -0.25) is 14.4 Å². The first-order chi connectivity index (χ1) is 35.0. The van der Waals surface area contributed by atoms with E-state index < -0.39 is 6.10 Å². The maximum Gasteiger partial charge on any atom is 0.306 e. The average molecular weight is 996 g/mol. The Morgan fingerprint density at radius 3 is 0.873 bits per heavy atom. The summed E-state index contributed by atoms with van der Waals surface area (Å²) in [4.78, 5) is 38.2. The number of hydrogen-bond acceptors (Lipinski definition) is 6. The summed E-state index contributed by atoms with van der Waals surface area (Å²) in [5.41, 5.74) is 0. The molecule has 6 nitrogen and oxygen atoms in total. The quantitative estimate of drug-likeness (QED) is 0.0261. The molecule has 71 heavy (non-hydrogen) atoms. The predicted molar refractivity (Wildman–Crippen MR) is 307 cm³/mol. The second-order valence-corrected chi connectivity index (χ2v) is 20.9. The molecular weight excluding hydrogens is 877 g/mol. The Bertz CT molecular complexity index is 1230. The van der Waals surface area contributed by atoms with Gasteiger partial charge in [-0.05, 0) is 77.0 Å². The third kappa shape index (κ3) is 58.1. The van der Waals surface area contributed by atoms with E-state index in [0.717, 1.165) is 103 Å². The molecule has 414 valence electrons. The average Bonchev–Trinajstić information content (AvgIpc) is 3.37. The summed E-state index contributed by atoms with van der Waals surface area (Å²) in [5, 5.41) is 0. The summed E-state index contributed by atoms with van der Waals surface area (Å²) in [6.45, 7) is 6.55. The number of carbonyl (C=O) groups excluding carboxylic acids is 3. The third-order valence-electron chi connectivity index (χ3n) is 13.8. The highest BCUT2D eigenvalue weighted by molar-refractivity contribution is 5.71. The van der Waals surface area contributed by atoms with Crippen molar-refractivity contribution >= 4 is 17.9 Å². The highest BCUT2D eigenvalue weighted by Crippen LogP contribution is 2.17. The van der Waals surface area contributed by atoms with Crippen LogP contribution in [0, 0.1) is 0 Å². The molecule has 6 heteroatoms. The minimum Gasteiger partial charge on any atom is -0.462 e. The molecule has 0 heterocycles. The molecular formula is C65H118O6. The summed E-state index contributed by atoms with van der Waals surface area (Å²) in [7, 11) is 0. The number of ether oxygens (including phenoxy) is 3. The molecule has 0 fully saturated rings. The lowest BCUT2D eigenvalue weighted by molar-refractivity contribution is -0.167. The molecule has 0 aliphatic rings. The lowest BCUT2D eigenvalue weighted by atomic mass is 10.0. The molecule has 0 aromatic heterocycles. The molecule has 0 aromatic carbocycles. The minimum atomic E-state index is -0.784. The summed E-state index contributed by atoms with van der Waals surface area (Å²) in [6.07, 6.45) is 74.0. The van der Waals surface area contributed by atoms with Crippen LogP contribution in [0.25, 0.3) is 0 Å². The zero-order valence-electron chi connectivity index (χ0n) is 47.5. The zero-order valence-corrected chi connectivity index (χ0v) is 47.5. The van der Waals surface area contributed by atoms with Crippen LogP contribution in [0.5, 0.6) is 0 Å². The Morgan fingerprint density at radius 2 is 0.549 bits per heavy atom. The first-order valence-corrected chi connectivity index (χ1v) is 31.1. The number of hydrogen-bond donors (Lipinski definition) is 0. The fourth-order valence-electron chi connectivity index (χ4n) is 9.16. The molecule has 1 atom stereocenters. The largest absolute Gasteiger partial charge is 0.462 e. The van der Waals surface area contributed by atoms with Gasteiger partial charge >= 0.3 is 17.9 Å². The van der Waals surface area contributed by atoms with Gasteiger partial charge in [0.2, 0.25) is 0 Å². The first kappa shape index (κ1) is 68.4. The zero-order chi connectivity index (χ0) is 51.4. The summed E-state index contributed by atoms with van der Waals surface area (Å²) < 4.78 is 16.9. The summed E-state index contributed by atoms with van der Waals surface area (Å²) >= 11 is 0. The number of esters is 3. The van der Waals surface area contributed by atoms with E-state index in [1.54, 1.807) is 0 Å². The molecule has 0 amide bonds.